The largest absolute Gasteiger partial charge is 0.457 e. The van der Waals surface area contributed by atoms with E-state index in [4.69, 9.17) is 9.47 Å². The molecule has 2 aliphatic heterocycles. The number of ether oxygens (including phenoxy) is 2. The van der Waals surface area contributed by atoms with Crippen LogP contribution >= 0.6 is 0 Å². The van der Waals surface area contributed by atoms with Crippen molar-refractivity contribution in [1.29, 1.82) is 0 Å². The van der Waals surface area contributed by atoms with Gasteiger partial charge in [0.15, 0.2) is 0 Å². The van der Waals surface area contributed by atoms with Crippen LogP contribution in [-0.2, 0) is 0 Å². The van der Waals surface area contributed by atoms with Crippen LogP contribution in [0.1, 0.15) is 41.4 Å². The molecule has 2 aliphatic rings. The Morgan fingerprint density at radius 1 is 0.312 bits per heavy atom. The second-order valence-electron chi connectivity index (χ2n) is 11.2. The Hall–Kier alpha value is -6.80. The van der Waals surface area contributed by atoms with E-state index in [1.807, 2.05) is 48.5 Å². The van der Waals surface area contributed by atoms with E-state index in [0.29, 0.717) is 56.6 Å². The van der Waals surface area contributed by atoms with Crippen molar-refractivity contribution < 1.29 is 28.7 Å². The van der Waals surface area contributed by atoms with Gasteiger partial charge in [0.1, 0.15) is 23.0 Å². The highest BCUT2D eigenvalue weighted by molar-refractivity contribution is 6.35. The normalized spacial score (nSPS) is 13.5. The van der Waals surface area contributed by atoms with E-state index < -0.39 is 0 Å². The van der Waals surface area contributed by atoms with Gasteiger partial charge < -0.3 is 9.47 Å². The maximum absolute atomic E-state index is 12.8. The van der Waals surface area contributed by atoms with E-state index in [2.05, 4.69) is 0 Å². The lowest BCUT2D eigenvalue weighted by molar-refractivity contribution is 0.0910. The van der Waals surface area contributed by atoms with E-state index >= 15 is 0 Å². The molecule has 8 rings (SSSR count). The molecular weight excluding hydrogens is 604 g/mol. The first-order chi connectivity index (χ1) is 23.4. The van der Waals surface area contributed by atoms with Gasteiger partial charge >= 0.3 is 0 Å². The van der Waals surface area contributed by atoms with E-state index in [-0.39, 0.29) is 23.6 Å². The van der Waals surface area contributed by atoms with E-state index in [1.54, 1.807) is 97.1 Å². The molecule has 2 heterocycles. The van der Waals surface area contributed by atoms with Crippen molar-refractivity contribution in [3.8, 4) is 34.1 Å². The number of anilines is 2. The molecule has 4 amide bonds. The molecule has 0 atom stereocenters. The highest BCUT2D eigenvalue weighted by atomic mass is 16.5. The van der Waals surface area contributed by atoms with E-state index in [9.17, 15) is 19.2 Å². The third kappa shape index (κ3) is 4.98. The molecule has 0 unspecified atom stereocenters. The molecule has 8 heteroatoms. The lowest BCUT2D eigenvalue weighted by Gasteiger charge is -2.15. The number of hydrogen-bond donors (Lipinski definition) is 0. The first-order valence-electron chi connectivity index (χ1n) is 15.2. The minimum atomic E-state index is -0.338. The fourth-order valence-corrected chi connectivity index (χ4v) is 5.88. The minimum absolute atomic E-state index is 0.338. The van der Waals surface area contributed by atoms with Gasteiger partial charge in [-0.1, -0.05) is 48.5 Å². The van der Waals surface area contributed by atoms with Crippen molar-refractivity contribution in [2.45, 2.75) is 0 Å². The molecule has 0 radical (unpaired) electrons. The number of carbonyl (C=O) groups excluding carboxylic acids is 4. The first kappa shape index (κ1) is 28.7. The summed E-state index contributed by atoms with van der Waals surface area (Å²) in [5.74, 6) is 1.06. The number of benzene rings is 6. The van der Waals surface area contributed by atoms with Crippen LogP contribution < -0.4 is 19.3 Å². The molecule has 0 aliphatic carbocycles. The van der Waals surface area contributed by atoms with Crippen molar-refractivity contribution in [3.05, 3.63) is 168 Å². The van der Waals surface area contributed by atoms with Gasteiger partial charge in [0.25, 0.3) is 23.6 Å². The lowest BCUT2D eigenvalue weighted by atomic mass is 10.1. The standard InChI is InChI=1S/C40H24N2O6/c43-37-33-5-1-2-6-34(33)38(44)41(37)27-13-21-31(22-14-27)47-29-17-9-25(10-18-29)26-11-19-30(20-12-26)48-32-23-15-28(16-24-32)42-39(45)35-7-3-4-8-36(35)40(42)46/h1-24H. The Kier molecular flexibility index (Phi) is 6.88. The number of amides is 4. The second kappa shape index (κ2) is 11.5. The summed E-state index contributed by atoms with van der Waals surface area (Å²) >= 11 is 0. The summed E-state index contributed by atoms with van der Waals surface area (Å²) in [6.45, 7) is 0. The van der Waals surface area contributed by atoms with Gasteiger partial charge in [0, 0.05) is 0 Å². The summed E-state index contributed by atoms with van der Waals surface area (Å²) in [4.78, 5) is 53.5. The SMILES string of the molecule is O=C1c2ccccc2C(=O)N1c1ccc(Oc2ccc(-c3ccc(Oc4ccc(N5C(=O)c6ccccc6C5=O)cc4)cc3)cc2)cc1. The Labute approximate surface area is 275 Å². The average Bonchev–Trinajstić information content (AvgIpc) is 3.54. The lowest BCUT2D eigenvalue weighted by Crippen LogP contribution is -2.29. The number of hydrogen-bond acceptors (Lipinski definition) is 6. The molecule has 0 saturated carbocycles. The number of carbonyl (C=O) groups is 4. The van der Waals surface area contributed by atoms with Crippen molar-refractivity contribution in [1.82, 2.24) is 0 Å². The van der Waals surface area contributed by atoms with Gasteiger partial charge in [-0.15, -0.1) is 0 Å². The molecular formula is C40H24N2O6. The summed E-state index contributed by atoms with van der Waals surface area (Å²) < 4.78 is 12.0. The van der Waals surface area contributed by atoms with Gasteiger partial charge in [-0.25, -0.2) is 9.80 Å². The fourth-order valence-electron chi connectivity index (χ4n) is 5.88. The Morgan fingerprint density at radius 3 is 0.833 bits per heavy atom. The molecule has 6 aromatic rings. The second-order valence-corrected chi connectivity index (χ2v) is 11.2. The molecule has 230 valence electrons. The highest BCUT2D eigenvalue weighted by Crippen LogP contribution is 2.33. The molecule has 0 spiro atoms. The van der Waals surface area contributed by atoms with Gasteiger partial charge in [0.05, 0.1) is 33.6 Å². The van der Waals surface area contributed by atoms with Crippen molar-refractivity contribution in [2.24, 2.45) is 0 Å². The number of nitrogens with zero attached hydrogens (tertiary/aromatic N) is 2. The highest BCUT2D eigenvalue weighted by Gasteiger charge is 2.37. The minimum Gasteiger partial charge on any atom is -0.457 e. The molecule has 0 saturated heterocycles. The fraction of sp³-hybridized carbons (Fsp3) is 0. The summed E-state index contributed by atoms with van der Waals surface area (Å²) in [6.07, 6.45) is 0. The molecule has 0 fully saturated rings. The summed E-state index contributed by atoms with van der Waals surface area (Å²) in [5.41, 5.74) is 4.54. The smallest absolute Gasteiger partial charge is 0.266 e. The maximum atomic E-state index is 12.8. The molecule has 0 N–H and O–H groups in total. The summed E-state index contributed by atoms with van der Waals surface area (Å²) in [6, 6.07) is 42.6. The van der Waals surface area contributed by atoms with E-state index in [0.717, 1.165) is 11.1 Å². The molecule has 8 nitrogen and oxygen atoms in total. The third-order valence-corrected chi connectivity index (χ3v) is 8.29. The van der Waals surface area contributed by atoms with Crippen LogP contribution in [0.3, 0.4) is 0 Å². The van der Waals surface area contributed by atoms with Gasteiger partial charge in [-0.3, -0.25) is 19.2 Å². The summed E-state index contributed by atoms with van der Waals surface area (Å²) in [7, 11) is 0. The van der Waals surface area contributed by atoms with Crippen LogP contribution in [0.4, 0.5) is 11.4 Å². The zero-order valence-corrected chi connectivity index (χ0v) is 25.2. The van der Waals surface area contributed by atoms with Crippen molar-refractivity contribution in [2.75, 3.05) is 9.80 Å². The Bertz CT molecular complexity index is 2010. The van der Waals surface area contributed by atoms with Crippen LogP contribution in [0, 0.1) is 0 Å². The maximum Gasteiger partial charge on any atom is 0.266 e. The van der Waals surface area contributed by atoms with Crippen molar-refractivity contribution in [3.63, 3.8) is 0 Å². The topological polar surface area (TPSA) is 93.2 Å². The first-order valence-corrected chi connectivity index (χ1v) is 15.2. The van der Waals surface area contributed by atoms with Gasteiger partial charge in [-0.05, 0) is 108 Å². The number of fused-ring (bicyclic) bond motifs is 2. The monoisotopic (exact) mass is 628 g/mol. The zero-order valence-electron chi connectivity index (χ0n) is 25.2. The van der Waals surface area contributed by atoms with Gasteiger partial charge in [0.2, 0.25) is 0 Å². The Morgan fingerprint density at radius 2 is 0.562 bits per heavy atom. The van der Waals surface area contributed by atoms with Crippen LogP contribution in [0.25, 0.3) is 11.1 Å². The van der Waals surface area contributed by atoms with Crippen LogP contribution in [0.5, 0.6) is 23.0 Å². The zero-order chi connectivity index (χ0) is 32.8. The number of imide groups is 2. The summed E-state index contributed by atoms with van der Waals surface area (Å²) in [5, 5.41) is 0. The van der Waals surface area contributed by atoms with Crippen LogP contribution in [0.2, 0.25) is 0 Å². The van der Waals surface area contributed by atoms with E-state index in [1.165, 1.54) is 9.80 Å². The van der Waals surface area contributed by atoms with Gasteiger partial charge in [-0.2, -0.15) is 0 Å². The molecule has 48 heavy (non-hydrogen) atoms. The predicted molar refractivity (Wildman–Crippen MR) is 180 cm³/mol. The van der Waals surface area contributed by atoms with Crippen LogP contribution in [0.15, 0.2) is 146 Å². The third-order valence-electron chi connectivity index (χ3n) is 8.29. The van der Waals surface area contributed by atoms with Crippen LogP contribution in [-0.4, -0.2) is 23.6 Å². The average molecular weight is 629 g/mol. The molecule has 0 bridgehead atoms. The Balaban J connectivity index is 0.890. The quantitative estimate of drug-likeness (QED) is 0.165. The molecule has 6 aromatic carbocycles. The predicted octanol–water partition coefficient (Wildman–Crippen LogP) is 8.54. The molecule has 0 aromatic heterocycles. The van der Waals surface area contributed by atoms with Crippen molar-refractivity contribution >= 4 is 35.0 Å². The number of rotatable bonds is 7.